The first-order valence-electron chi connectivity index (χ1n) is 6.53. The van der Waals surface area contributed by atoms with E-state index in [2.05, 4.69) is 25.8 Å². The third-order valence-corrected chi connectivity index (χ3v) is 3.88. The van der Waals surface area contributed by atoms with E-state index in [1.807, 2.05) is 0 Å². The van der Waals surface area contributed by atoms with Crippen LogP contribution in [-0.4, -0.2) is 35.7 Å². The number of likely N-dealkylation sites (N-methyl/N-ethyl adjacent to an activating group) is 1. The molecule has 2 heteroatoms. The van der Waals surface area contributed by atoms with Gasteiger partial charge in [-0.3, -0.25) is 0 Å². The van der Waals surface area contributed by atoms with Gasteiger partial charge in [-0.25, -0.2) is 0 Å². The van der Waals surface area contributed by atoms with Crippen LogP contribution in [0.25, 0.3) is 0 Å². The lowest BCUT2D eigenvalue weighted by Gasteiger charge is -2.29. The molecule has 2 atom stereocenters. The molecule has 0 aromatic rings. The Hall–Kier alpha value is -0.0800. The molecule has 0 amide bonds. The van der Waals surface area contributed by atoms with E-state index in [1.165, 1.54) is 38.5 Å². The second kappa shape index (κ2) is 6.49. The van der Waals surface area contributed by atoms with Crippen molar-refractivity contribution in [2.45, 2.75) is 64.5 Å². The Balaban J connectivity index is 2.26. The maximum absolute atomic E-state index is 10.1. The first kappa shape index (κ1) is 13.0. The van der Waals surface area contributed by atoms with Gasteiger partial charge in [-0.15, -0.1) is 0 Å². The Morgan fingerprint density at radius 2 is 1.93 bits per heavy atom. The highest BCUT2D eigenvalue weighted by Gasteiger charge is 2.24. The van der Waals surface area contributed by atoms with Crippen LogP contribution in [0.2, 0.25) is 0 Å². The molecule has 15 heavy (non-hydrogen) atoms. The minimum atomic E-state index is -0.100. The molecule has 0 spiro atoms. The molecule has 1 fully saturated rings. The SMILES string of the molecule is CCCC(C)N(C)CC(O)C1CCCC1. The van der Waals surface area contributed by atoms with Gasteiger partial charge in [0.15, 0.2) is 0 Å². The van der Waals surface area contributed by atoms with Gasteiger partial charge in [0.25, 0.3) is 0 Å². The summed E-state index contributed by atoms with van der Waals surface area (Å²) in [6.45, 7) is 5.33. The highest BCUT2D eigenvalue weighted by Crippen LogP contribution is 2.28. The van der Waals surface area contributed by atoms with E-state index in [-0.39, 0.29) is 6.10 Å². The Morgan fingerprint density at radius 3 is 2.47 bits per heavy atom. The molecule has 0 heterocycles. The van der Waals surface area contributed by atoms with Crippen molar-refractivity contribution < 1.29 is 5.11 Å². The molecular weight excluding hydrogens is 186 g/mol. The molecule has 0 radical (unpaired) electrons. The smallest absolute Gasteiger partial charge is 0.0695 e. The van der Waals surface area contributed by atoms with Crippen LogP contribution >= 0.6 is 0 Å². The van der Waals surface area contributed by atoms with E-state index in [1.54, 1.807) is 0 Å². The summed E-state index contributed by atoms with van der Waals surface area (Å²) in [5.41, 5.74) is 0. The average molecular weight is 213 g/mol. The molecule has 2 nitrogen and oxygen atoms in total. The van der Waals surface area contributed by atoms with E-state index in [0.717, 1.165) is 6.54 Å². The molecule has 0 saturated heterocycles. The van der Waals surface area contributed by atoms with Crippen molar-refractivity contribution in [1.82, 2.24) is 4.90 Å². The number of hydrogen-bond donors (Lipinski definition) is 1. The summed E-state index contributed by atoms with van der Waals surface area (Å²) in [7, 11) is 2.14. The Morgan fingerprint density at radius 1 is 1.33 bits per heavy atom. The molecule has 1 N–H and O–H groups in total. The Bertz CT molecular complexity index is 166. The van der Waals surface area contributed by atoms with Gasteiger partial charge in [-0.2, -0.15) is 0 Å². The highest BCUT2D eigenvalue weighted by atomic mass is 16.3. The van der Waals surface area contributed by atoms with Crippen LogP contribution in [-0.2, 0) is 0 Å². The first-order valence-corrected chi connectivity index (χ1v) is 6.53. The van der Waals surface area contributed by atoms with Gasteiger partial charge in [-0.1, -0.05) is 26.2 Å². The minimum absolute atomic E-state index is 0.100. The zero-order valence-corrected chi connectivity index (χ0v) is 10.6. The predicted molar refractivity (Wildman–Crippen MR) is 65.0 cm³/mol. The van der Waals surface area contributed by atoms with Crippen molar-refractivity contribution in [3.8, 4) is 0 Å². The molecule has 1 saturated carbocycles. The Labute approximate surface area is 94.7 Å². The van der Waals surface area contributed by atoms with Crippen molar-refractivity contribution >= 4 is 0 Å². The molecule has 90 valence electrons. The molecular formula is C13H27NO. The number of rotatable bonds is 6. The van der Waals surface area contributed by atoms with Gasteiger partial charge >= 0.3 is 0 Å². The van der Waals surface area contributed by atoms with E-state index in [4.69, 9.17) is 0 Å². The summed E-state index contributed by atoms with van der Waals surface area (Å²) in [5, 5.41) is 10.1. The lowest BCUT2D eigenvalue weighted by Crippen LogP contribution is -2.38. The van der Waals surface area contributed by atoms with Crippen LogP contribution in [0, 0.1) is 5.92 Å². The fourth-order valence-electron chi connectivity index (χ4n) is 2.60. The van der Waals surface area contributed by atoms with Crippen molar-refractivity contribution in [1.29, 1.82) is 0 Å². The van der Waals surface area contributed by atoms with Crippen molar-refractivity contribution in [2.24, 2.45) is 5.92 Å². The van der Waals surface area contributed by atoms with Gasteiger partial charge in [0.2, 0.25) is 0 Å². The number of nitrogens with zero attached hydrogens (tertiary/aromatic N) is 1. The van der Waals surface area contributed by atoms with Crippen LogP contribution in [0.4, 0.5) is 0 Å². The van der Waals surface area contributed by atoms with Crippen molar-refractivity contribution in [3.05, 3.63) is 0 Å². The number of hydrogen-bond acceptors (Lipinski definition) is 2. The molecule has 1 rings (SSSR count). The van der Waals surface area contributed by atoms with E-state index in [9.17, 15) is 5.11 Å². The second-order valence-corrected chi connectivity index (χ2v) is 5.19. The summed E-state index contributed by atoms with van der Waals surface area (Å²) in [6.07, 6.45) is 7.45. The molecule has 2 unspecified atom stereocenters. The van der Waals surface area contributed by atoms with Gasteiger partial charge in [0, 0.05) is 12.6 Å². The quantitative estimate of drug-likeness (QED) is 0.733. The number of aliphatic hydroxyl groups excluding tert-OH is 1. The Kier molecular flexibility index (Phi) is 5.62. The van der Waals surface area contributed by atoms with Gasteiger partial charge in [0.1, 0.15) is 0 Å². The summed E-state index contributed by atoms with van der Waals surface area (Å²) in [5.74, 6) is 0.571. The first-order chi connectivity index (χ1) is 7.15. The normalized spacial score (nSPS) is 22.2. The zero-order valence-electron chi connectivity index (χ0n) is 10.6. The lowest BCUT2D eigenvalue weighted by molar-refractivity contribution is 0.0612. The maximum atomic E-state index is 10.1. The van der Waals surface area contributed by atoms with E-state index in [0.29, 0.717) is 12.0 Å². The molecule has 0 bridgehead atoms. The zero-order chi connectivity index (χ0) is 11.3. The summed E-state index contributed by atoms with van der Waals surface area (Å²) < 4.78 is 0. The summed E-state index contributed by atoms with van der Waals surface area (Å²) in [6, 6.07) is 0.603. The third-order valence-electron chi connectivity index (χ3n) is 3.88. The van der Waals surface area contributed by atoms with Crippen LogP contribution in [0.15, 0.2) is 0 Å². The second-order valence-electron chi connectivity index (χ2n) is 5.19. The fourth-order valence-corrected chi connectivity index (χ4v) is 2.60. The van der Waals surface area contributed by atoms with Crippen LogP contribution in [0.3, 0.4) is 0 Å². The molecule has 1 aliphatic rings. The third kappa shape index (κ3) is 4.12. The predicted octanol–water partition coefficient (Wildman–Crippen LogP) is 2.66. The average Bonchev–Trinajstić information content (AvgIpc) is 2.70. The standard InChI is InChI=1S/C13H27NO/c1-4-7-11(2)14(3)10-13(15)12-8-5-6-9-12/h11-13,15H,4-10H2,1-3H3. The van der Waals surface area contributed by atoms with Crippen LogP contribution in [0.1, 0.15) is 52.4 Å². The largest absolute Gasteiger partial charge is 0.392 e. The maximum Gasteiger partial charge on any atom is 0.0695 e. The molecule has 1 aliphatic carbocycles. The number of aliphatic hydroxyl groups is 1. The topological polar surface area (TPSA) is 23.5 Å². The van der Waals surface area contributed by atoms with Crippen molar-refractivity contribution in [3.63, 3.8) is 0 Å². The van der Waals surface area contributed by atoms with E-state index < -0.39 is 0 Å². The molecule has 0 aliphatic heterocycles. The van der Waals surface area contributed by atoms with Crippen LogP contribution in [0.5, 0.6) is 0 Å². The molecule has 0 aromatic heterocycles. The lowest BCUT2D eigenvalue weighted by atomic mass is 10.00. The van der Waals surface area contributed by atoms with Gasteiger partial charge in [0.05, 0.1) is 6.10 Å². The fraction of sp³-hybridized carbons (Fsp3) is 1.00. The highest BCUT2D eigenvalue weighted by molar-refractivity contribution is 4.78. The van der Waals surface area contributed by atoms with Crippen molar-refractivity contribution in [2.75, 3.05) is 13.6 Å². The van der Waals surface area contributed by atoms with Gasteiger partial charge in [-0.05, 0) is 39.2 Å². The summed E-state index contributed by atoms with van der Waals surface area (Å²) in [4.78, 5) is 2.31. The summed E-state index contributed by atoms with van der Waals surface area (Å²) >= 11 is 0. The molecule has 0 aromatic carbocycles. The minimum Gasteiger partial charge on any atom is -0.392 e. The van der Waals surface area contributed by atoms with Gasteiger partial charge < -0.3 is 10.0 Å². The monoisotopic (exact) mass is 213 g/mol. The van der Waals surface area contributed by atoms with Crippen LogP contribution < -0.4 is 0 Å². The van der Waals surface area contributed by atoms with E-state index >= 15 is 0 Å².